The summed E-state index contributed by atoms with van der Waals surface area (Å²) in [6.45, 7) is 4.97. The summed E-state index contributed by atoms with van der Waals surface area (Å²) >= 11 is 0. The van der Waals surface area contributed by atoms with Crippen molar-refractivity contribution < 1.29 is 28.3 Å². The van der Waals surface area contributed by atoms with Gasteiger partial charge in [-0.2, -0.15) is 0 Å². The Balaban J connectivity index is 1.26. The fourth-order valence-electron chi connectivity index (χ4n) is 5.21. The van der Waals surface area contributed by atoms with Crippen LogP contribution in [0.15, 0.2) is 22.6 Å². The third-order valence-electron chi connectivity index (χ3n) is 7.16. The highest BCUT2D eigenvalue weighted by atomic mass is 16.5. The molecule has 0 bridgehead atoms. The number of imide groups is 1. The summed E-state index contributed by atoms with van der Waals surface area (Å²) in [7, 11) is 0. The van der Waals surface area contributed by atoms with Crippen LogP contribution in [0.25, 0.3) is 0 Å². The number of aryl methyl sites for hydroxylation is 2. The summed E-state index contributed by atoms with van der Waals surface area (Å²) in [4.78, 5) is 57.5. The van der Waals surface area contributed by atoms with Gasteiger partial charge in [0, 0.05) is 31.5 Å². The van der Waals surface area contributed by atoms with Gasteiger partial charge in [-0.25, -0.2) is 4.98 Å². The molecule has 3 aliphatic rings. The van der Waals surface area contributed by atoms with Crippen molar-refractivity contribution in [2.45, 2.75) is 71.0 Å². The first kappa shape index (κ1) is 24.0. The Hall–Kier alpha value is -3.69. The second-order valence-corrected chi connectivity index (χ2v) is 9.55. The molecular formula is C26H30N4O6. The van der Waals surface area contributed by atoms with Gasteiger partial charge in [0.25, 0.3) is 11.8 Å². The standard InChI is InChI=1S/C26H30N4O6/c1-3-22-27-15(2)23(36-22)26(34)29-11-5-4-6-17(29)14-35-18-7-8-19-16(12-18)13-30(25(19)33)20-9-10-21(31)28-24(20)32/h7-8,12,17,20H,3-6,9-11,13-14H2,1-2H3,(H,28,31,32)/t17-,20?/m1/s1. The topological polar surface area (TPSA) is 122 Å². The van der Waals surface area contributed by atoms with Gasteiger partial charge in [0.05, 0.1) is 11.7 Å². The van der Waals surface area contributed by atoms with Crippen molar-refractivity contribution in [3.63, 3.8) is 0 Å². The van der Waals surface area contributed by atoms with Crippen molar-refractivity contribution >= 4 is 23.6 Å². The van der Waals surface area contributed by atoms with Crippen LogP contribution in [-0.4, -0.2) is 63.6 Å². The van der Waals surface area contributed by atoms with E-state index in [0.717, 1.165) is 24.8 Å². The van der Waals surface area contributed by atoms with Crippen LogP contribution in [0.2, 0.25) is 0 Å². The summed E-state index contributed by atoms with van der Waals surface area (Å²) < 4.78 is 11.8. The van der Waals surface area contributed by atoms with Crippen LogP contribution >= 0.6 is 0 Å². The van der Waals surface area contributed by atoms with E-state index >= 15 is 0 Å². The molecule has 5 rings (SSSR count). The maximum atomic E-state index is 13.2. The molecule has 0 aliphatic carbocycles. The van der Waals surface area contributed by atoms with Gasteiger partial charge >= 0.3 is 0 Å². The maximum absolute atomic E-state index is 13.2. The molecule has 10 heteroatoms. The monoisotopic (exact) mass is 494 g/mol. The Bertz CT molecular complexity index is 1220. The van der Waals surface area contributed by atoms with Gasteiger partial charge < -0.3 is 19.0 Å². The van der Waals surface area contributed by atoms with Crippen LogP contribution in [0.3, 0.4) is 0 Å². The van der Waals surface area contributed by atoms with Crippen molar-refractivity contribution in [2.24, 2.45) is 0 Å². The van der Waals surface area contributed by atoms with Crippen LogP contribution in [0.1, 0.15) is 77.1 Å². The van der Waals surface area contributed by atoms with Gasteiger partial charge in [-0.15, -0.1) is 0 Å². The largest absolute Gasteiger partial charge is 0.491 e. The Labute approximate surface area is 209 Å². The summed E-state index contributed by atoms with van der Waals surface area (Å²) in [6.07, 6.45) is 3.92. The molecule has 0 saturated carbocycles. The normalized spacial score (nSPS) is 22.0. The number of likely N-dealkylation sites (tertiary alicyclic amines) is 1. The lowest BCUT2D eigenvalue weighted by molar-refractivity contribution is -0.136. The number of hydrogen-bond donors (Lipinski definition) is 1. The molecule has 190 valence electrons. The lowest BCUT2D eigenvalue weighted by atomic mass is 10.0. The second-order valence-electron chi connectivity index (χ2n) is 9.55. The number of nitrogens with zero attached hydrogens (tertiary/aromatic N) is 3. The number of fused-ring (bicyclic) bond motifs is 1. The molecule has 2 fully saturated rings. The third kappa shape index (κ3) is 4.47. The molecule has 1 unspecified atom stereocenters. The van der Waals surface area contributed by atoms with Gasteiger partial charge in [0.1, 0.15) is 18.4 Å². The molecule has 36 heavy (non-hydrogen) atoms. The Morgan fingerprint density at radius 2 is 2.06 bits per heavy atom. The van der Waals surface area contributed by atoms with E-state index in [4.69, 9.17) is 9.15 Å². The van der Waals surface area contributed by atoms with E-state index in [9.17, 15) is 19.2 Å². The molecule has 1 aromatic carbocycles. The molecule has 2 aromatic rings. The molecule has 4 amide bonds. The van der Waals surface area contributed by atoms with E-state index in [1.807, 2.05) is 17.9 Å². The number of oxazole rings is 1. The molecule has 0 radical (unpaired) electrons. The highest BCUT2D eigenvalue weighted by Crippen LogP contribution is 2.31. The Morgan fingerprint density at radius 3 is 2.81 bits per heavy atom. The highest BCUT2D eigenvalue weighted by Gasteiger charge is 2.39. The Kier molecular flexibility index (Phi) is 6.51. The number of benzene rings is 1. The molecule has 4 heterocycles. The van der Waals surface area contributed by atoms with Gasteiger partial charge in [-0.05, 0) is 56.4 Å². The van der Waals surface area contributed by atoms with E-state index in [1.54, 1.807) is 19.1 Å². The number of nitrogens with one attached hydrogen (secondary N) is 1. The number of carbonyl (C=O) groups is 4. The zero-order valence-corrected chi connectivity index (χ0v) is 20.5. The number of rotatable bonds is 6. The zero-order chi connectivity index (χ0) is 25.4. The fraction of sp³-hybridized carbons (Fsp3) is 0.500. The minimum absolute atomic E-state index is 0.101. The Morgan fingerprint density at radius 1 is 1.22 bits per heavy atom. The fourth-order valence-corrected chi connectivity index (χ4v) is 5.21. The minimum atomic E-state index is -0.651. The number of piperidine rings is 2. The van der Waals surface area contributed by atoms with Crippen LogP contribution < -0.4 is 10.1 Å². The lowest BCUT2D eigenvalue weighted by Gasteiger charge is -2.35. The highest BCUT2D eigenvalue weighted by molar-refractivity contribution is 6.05. The van der Waals surface area contributed by atoms with E-state index in [0.29, 0.717) is 54.7 Å². The molecule has 3 aliphatic heterocycles. The quantitative estimate of drug-likeness (QED) is 0.612. The average Bonchev–Trinajstić information content (AvgIpc) is 3.41. The van der Waals surface area contributed by atoms with E-state index in [2.05, 4.69) is 10.3 Å². The van der Waals surface area contributed by atoms with Crippen molar-refractivity contribution in [1.29, 1.82) is 0 Å². The minimum Gasteiger partial charge on any atom is -0.491 e. The van der Waals surface area contributed by atoms with Gasteiger partial charge in [-0.3, -0.25) is 24.5 Å². The van der Waals surface area contributed by atoms with Gasteiger partial charge in [0.15, 0.2) is 5.89 Å². The van der Waals surface area contributed by atoms with Crippen molar-refractivity contribution in [1.82, 2.24) is 20.1 Å². The molecular weight excluding hydrogens is 464 g/mol. The predicted molar refractivity (Wildman–Crippen MR) is 127 cm³/mol. The second kappa shape index (κ2) is 9.75. The molecule has 10 nitrogen and oxygen atoms in total. The summed E-state index contributed by atoms with van der Waals surface area (Å²) in [5, 5.41) is 2.32. The van der Waals surface area contributed by atoms with Crippen LogP contribution in [-0.2, 0) is 22.6 Å². The summed E-state index contributed by atoms with van der Waals surface area (Å²) in [6, 6.07) is 4.53. The van der Waals surface area contributed by atoms with E-state index in [1.165, 1.54) is 4.90 Å². The molecule has 2 atom stereocenters. The molecule has 0 spiro atoms. The third-order valence-corrected chi connectivity index (χ3v) is 7.16. The number of amides is 4. The SMILES string of the molecule is CCc1nc(C)c(C(=O)N2CCCC[C@@H]2COc2ccc3c(c2)CN(C2CCC(=O)NC2=O)C3=O)o1. The number of ether oxygens (including phenoxy) is 1. The number of aromatic nitrogens is 1. The van der Waals surface area contributed by atoms with Crippen LogP contribution in [0.4, 0.5) is 0 Å². The van der Waals surface area contributed by atoms with E-state index < -0.39 is 11.9 Å². The zero-order valence-electron chi connectivity index (χ0n) is 20.5. The van der Waals surface area contributed by atoms with Gasteiger partial charge in [0.2, 0.25) is 17.6 Å². The first-order valence-corrected chi connectivity index (χ1v) is 12.5. The van der Waals surface area contributed by atoms with Crippen LogP contribution in [0, 0.1) is 6.92 Å². The average molecular weight is 495 g/mol. The van der Waals surface area contributed by atoms with Crippen molar-refractivity contribution in [3.8, 4) is 5.75 Å². The number of hydrogen-bond acceptors (Lipinski definition) is 7. The lowest BCUT2D eigenvalue weighted by Crippen LogP contribution is -2.52. The number of carbonyl (C=O) groups excluding carboxylic acids is 4. The maximum Gasteiger partial charge on any atom is 0.291 e. The molecule has 1 aromatic heterocycles. The van der Waals surface area contributed by atoms with Crippen molar-refractivity contribution in [2.75, 3.05) is 13.2 Å². The van der Waals surface area contributed by atoms with Gasteiger partial charge in [-0.1, -0.05) is 6.92 Å². The van der Waals surface area contributed by atoms with Crippen molar-refractivity contribution in [3.05, 3.63) is 46.7 Å². The molecule has 2 saturated heterocycles. The smallest absolute Gasteiger partial charge is 0.291 e. The summed E-state index contributed by atoms with van der Waals surface area (Å²) in [5.41, 5.74) is 1.92. The first-order valence-electron chi connectivity index (χ1n) is 12.5. The first-order chi connectivity index (χ1) is 17.4. The predicted octanol–water partition coefficient (Wildman–Crippen LogP) is 2.38. The van der Waals surface area contributed by atoms with E-state index in [-0.39, 0.29) is 36.7 Å². The molecule has 1 N–H and O–H groups in total. The van der Waals surface area contributed by atoms with Crippen LogP contribution in [0.5, 0.6) is 5.75 Å². The summed E-state index contributed by atoms with van der Waals surface area (Å²) in [5.74, 6) is 0.336.